The van der Waals surface area contributed by atoms with E-state index in [0.717, 1.165) is 24.0 Å². The Balaban J connectivity index is 1.44. The number of carbonyl (C=O) groups excluding carboxylic acids is 1. The number of nitrogens with one attached hydrogen (secondary N) is 1. The van der Waals surface area contributed by atoms with E-state index in [-0.39, 0.29) is 18.6 Å². The second kappa shape index (κ2) is 10.1. The van der Waals surface area contributed by atoms with Crippen molar-refractivity contribution in [2.45, 2.75) is 45.1 Å². The first-order valence-electron chi connectivity index (χ1n) is 10.8. The van der Waals surface area contributed by atoms with E-state index >= 15 is 0 Å². The molecular formula is C24H27N3O4. The van der Waals surface area contributed by atoms with Crippen molar-refractivity contribution in [2.75, 3.05) is 13.2 Å². The van der Waals surface area contributed by atoms with Crippen molar-refractivity contribution < 1.29 is 18.8 Å². The van der Waals surface area contributed by atoms with Crippen LogP contribution < -0.4 is 14.8 Å². The highest BCUT2D eigenvalue weighted by Crippen LogP contribution is 2.32. The standard InChI is InChI=1S/C24H27N3O4/c1-2-29-21-15-18(23-26-24(31-27-23)17-9-5-3-6-10-17)13-14-20(21)30-16-22(28)25-19-11-7-4-8-12-19/h3,5-6,9-10,13-15,19H,2,4,7-8,11-12,16H2,1H3,(H,25,28). The monoisotopic (exact) mass is 421 g/mol. The van der Waals surface area contributed by atoms with Gasteiger partial charge in [-0.05, 0) is 50.1 Å². The van der Waals surface area contributed by atoms with E-state index in [9.17, 15) is 4.79 Å². The maximum absolute atomic E-state index is 12.3. The van der Waals surface area contributed by atoms with Crippen LogP contribution in [-0.4, -0.2) is 35.3 Å². The zero-order chi connectivity index (χ0) is 21.5. The van der Waals surface area contributed by atoms with Gasteiger partial charge in [-0.3, -0.25) is 4.79 Å². The number of ether oxygens (including phenoxy) is 2. The topological polar surface area (TPSA) is 86.5 Å². The third-order valence-electron chi connectivity index (χ3n) is 5.28. The molecule has 0 spiro atoms. The van der Waals surface area contributed by atoms with Crippen LogP contribution in [0, 0.1) is 0 Å². The zero-order valence-corrected chi connectivity index (χ0v) is 17.7. The quantitative estimate of drug-likeness (QED) is 0.571. The fourth-order valence-electron chi connectivity index (χ4n) is 3.73. The molecule has 1 heterocycles. The highest BCUT2D eigenvalue weighted by molar-refractivity contribution is 5.78. The molecular weight excluding hydrogens is 394 g/mol. The van der Waals surface area contributed by atoms with Crippen LogP contribution in [0.25, 0.3) is 22.8 Å². The molecule has 0 saturated heterocycles. The lowest BCUT2D eigenvalue weighted by atomic mass is 9.95. The molecule has 1 aliphatic rings. The average molecular weight is 421 g/mol. The fraction of sp³-hybridized carbons (Fsp3) is 0.375. The van der Waals surface area contributed by atoms with Crippen LogP contribution in [0.3, 0.4) is 0 Å². The van der Waals surface area contributed by atoms with Crippen LogP contribution in [0.2, 0.25) is 0 Å². The minimum Gasteiger partial charge on any atom is -0.490 e. The summed E-state index contributed by atoms with van der Waals surface area (Å²) in [6.45, 7) is 2.32. The van der Waals surface area contributed by atoms with Crippen molar-refractivity contribution in [3.8, 4) is 34.3 Å². The van der Waals surface area contributed by atoms with Gasteiger partial charge in [-0.2, -0.15) is 4.98 Å². The summed E-state index contributed by atoms with van der Waals surface area (Å²) in [7, 11) is 0. The van der Waals surface area contributed by atoms with E-state index in [2.05, 4.69) is 15.5 Å². The highest BCUT2D eigenvalue weighted by atomic mass is 16.5. The Morgan fingerprint density at radius 3 is 2.61 bits per heavy atom. The summed E-state index contributed by atoms with van der Waals surface area (Å²) in [6, 6.07) is 15.3. The van der Waals surface area contributed by atoms with Gasteiger partial charge in [-0.15, -0.1) is 0 Å². The number of hydrogen-bond acceptors (Lipinski definition) is 6. The van der Waals surface area contributed by atoms with Gasteiger partial charge in [-0.1, -0.05) is 42.6 Å². The number of aromatic nitrogens is 2. The van der Waals surface area contributed by atoms with Crippen LogP contribution in [0.5, 0.6) is 11.5 Å². The summed E-state index contributed by atoms with van der Waals surface area (Å²) in [5.74, 6) is 1.85. The number of rotatable bonds is 8. The van der Waals surface area contributed by atoms with Crippen LogP contribution in [0.15, 0.2) is 53.1 Å². The molecule has 1 fully saturated rings. The summed E-state index contributed by atoms with van der Waals surface area (Å²) in [4.78, 5) is 16.8. The molecule has 0 bridgehead atoms. The number of amides is 1. The van der Waals surface area contributed by atoms with Crippen LogP contribution >= 0.6 is 0 Å². The van der Waals surface area contributed by atoms with Gasteiger partial charge in [0.15, 0.2) is 18.1 Å². The largest absolute Gasteiger partial charge is 0.490 e. The minimum atomic E-state index is -0.107. The van der Waals surface area contributed by atoms with Crippen molar-refractivity contribution in [1.29, 1.82) is 0 Å². The Hall–Kier alpha value is -3.35. The number of carbonyl (C=O) groups is 1. The first-order chi connectivity index (χ1) is 15.2. The highest BCUT2D eigenvalue weighted by Gasteiger charge is 2.17. The van der Waals surface area contributed by atoms with Gasteiger partial charge >= 0.3 is 0 Å². The zero-order valence-electron chi connectivity index (χ0n) is 17.7. The number of hydrogen-bond donors (Lipinski definition) is 1. The lowest BCUT2D eigenvalue weighted by Crippen LogP contribution is -2.39. The molecule has 3 aromatic rings. The average Bonchev–Trinajstić information content (AvgIpc) is 3.30. The third kappa shape index (κ3) is 5.42. The third-order valence-corrected chi connectivity index (χ3v) is 5.28. The van der Waals surface area contributed by atoms with E-state index < -0.39 is 0 Å². The molecule has 1 aliphatic carbocycles. The summed E-state index contributed by atoms with van der Waals surface area (Å²) in [5.41, 5.74) is 1.60. The van der Waals surface area contributed by atoms with Gasteiger partial charge in [-0.25, -0.2) is 0 Å². The fourth-order valence-corrected chi connectivity index (χ4v) is 3.73. The molecule has 162 valence electrons. The summed E-state index contributed by atoms with van der Waals surface area (Å²) < 4.78 is 16.9. The van der Waals surface area contributed by atoms with E-state index in [1.54, 1.807) is 12.1 Å². The van der Waals surface area contributed by atoms with E-state index in [0.29, 0.717) is 29.8 Å². The molecule has 1 N–H and O–H groups in total. The Morgan fingerprint density at radius 2 is 1.84 bits per heavy atom. The molecule has 4 rings (SSSR count). The second-order valence-corrected chi connectivity index (χ2v) is 7.57. The molecule has 31 heavy (non-hydrogen) atoms. The van der Waals surface area contributed by atoms with Crippen molar-refractivity contribution in [2.24, 2.45) is 0 Å². The predicted octanol–water partition coefficient (Wildman–Crippen LogP) is 4.63. The molecule has 0 atom stereocenters. The normalized spacial score (nSPS) is 14.2. The van der Waals surface area contributed by atoms with Crippen LogP contribution in [-0.2, 0) is 4.79 Å². The summed E-state index contributed by atoms with van der Waals surface area (Å²) in [6.07, 6.45) is 5.68. The van der Waals surface area contributed by atoms with Gasteiger partial charge in [0.05, 0.1) is 6.61 Å². The Labute approximate surface area is 181 Å². The summed E-state index contributed by atoms with van der Waals surface area (Å²) >= 11 is 0. The van der Waals surface area contributed by atoms with E-state index in [4.69, 9.17) is 14.0 Å². The minimum absolute atomic E-state index is 0.0454. The first-order valence-corrected chi connectivity index (χ1v) is 10.8. The van der Waals surface area contributed by atoms with Gasteiger partial charge in [0, 0.05) is 17.2 Å². The van der Waals surface area contributed by atoms with Gasteiger partial charge in [0.1, 0.15) is 0 Å². The van der Waals surface area contributed by atoms with E-state index in [1.807, 2.05) is 43.3 Å². The van der Waals surface area contributed by atoms with Crippen LogP contribution in [0.4, 0.5) is 0 Å². The van der Waals surface area contributed by atoms with E-state index in [1.165, 1.54) is 19.3 Å². The predicted molar refractivity (Wildman–Crippen MR) is 117 cm³/mol. The maximum atomic E-state index is 12.3. The molecule has 1 amide bonds. The first kappa shape index (κ1) is 20.9. The van der Waals surface area contributed by atoms with Crippen molar-refractivity contribution in [3.05, 3.63) is 48.5 Å². The van der Waals surface area contributed by atoms with Gasteiger partial charge < -0.3 is 19.3 Å². The molecule has 0 radical (unpaired) electrons. The number of nitrogens with zero attached hydrogens (tertiary/aromatic N) is 2. The SMILES string of the molecule is CCOc1cc(-c2noc(-c3ccccc3)n2)ccc1OCC(=O)NC1CCCCC1. The molecule has 0 unspecified atom stereocenters. The second-order valence-electron chi connectivity index (χ2n) is 7.57. The Kier molecular flexibility index (Phi) is 6.82. The molecule has 2 aromatic carbocycles. The Bertz CT molecular complexity index is 997. The van der Waals surface area contributed by atoms with Gasteiger partial charge in [0.25, 0.3) is 11.8 Å². The lowest BCUT2D eigenvalue weighted by Gasteiger charge is -2.22. The Morgan fingerprint density at radius 1 is 1.03 bits per heavy atom. The molecule has 1 aromatic heterocycles. The maximum Gasteiger partial charge on any atom is 0.258 e. The van der Waals surface area contributed by atoms with Gasteiger partial charge in [0.2, 0.25) is 5.82 Å². The molecule has 7 heteroatoms. The van der Waals surface area contributed by atoms with Crippen molar-refractivity contribution in [1.82, 2.24) is 15.5 Å². The lowest BCUT2D eigenvalue weighted by molar-refractivity contribution is -0.124. The molecule has 1 saturated carbocycles. The molecule has 7 nitrogen and oxygen atoms in total. The van der Waals surface area contributed by atoms with Crippen molar-refractivity contribution in [3.63, 3.8) is 0 Å². The smallest absolute Gasteiger partial charge is 0.258 e. The van der Waals surface area contributed by atoms with Crippen molar-refractivity contribution >= 4 is 5.91 Å². The summed E-state index contributed by atoms with van der Waals surface area (Å²) in [5, 5.41) is 7.15. The molecule has 0 aliphatic heterocycles. The number of benzene rings is 2. The van der Waals surface area contributed by atoms with Crippen LogP contribution in [0.1, 0.15) is 39.0 Å².